The standard InChI is InChI=1S/C27H28F3N5O4/c1-13-8-14(9-20(31)24(13)35-27(37)39-3)16-6-7-32-12-22(16)34-26(36)21-5-4-17(28)25(33-21)23-18(29)10-15(38-2)11-19(23)30/h4-7,10-14,20,24H,8-9,31H2,1-3H3,(H,34,36)(H,35,37)/t13-,14+,20+,24-/m0/s1. The van der Waals surface area contributed by atoms with Crippen molar-refractivity contribution in [1.29, 1.82) is 0 Å². The summed E-state index contributed by atoms with van der Waals surface area (Å²) in [6.07, 6.45) is 3.67. The molecule has 12 heteroatoms. The molecule has 1 aliphatic carbocycles. The lowest BCUT2D eigenvalue weighted by Gasteiger charge is -2.39. The number of methoxy groups -OCH3 is 2. The molecule has 1 fully saturated rings. The summed E-state index contributed by atoms with van der Waals surface area (Å²) in [5.74, 6) is -4.05. The van der Waals surface area contributed by atoms with Gasteiger partial charge in [-0.3, -0.25) is 9.78 Å². The summed E-state index contributed by atoms with van der Waals surface area (Å²) < 4.78 is 53.3. The average molecular weight is 544 g/mol. The average Bonchev–Trinajstić information content (AvgIpc) is 2.91. The van der Waals surface area contributed by atoms with E-state index in [1.54, 1.807) is 12.3 Å². The van der Waals surface area contributed by atoms with E-state index in [1.165, 1.54) is 20.4 Å². The van der Waals surface area contributed by atoms with Crippen molar-refractivity contribution in [2.75, 3.05) is 19.5 Å². The molecule has 3 aromatic rings. The number of ether oxygens (including phenoxy) is 2. The number of benzene rings is 1. The van der Waals surface area contributed by atoms with Gasteiger partial charge in [0.05, 0.1) is 31.7 Å². The van der Waals surface area contributed by atoms with Gasteiger partial charge in [-0.2, -0.15) is 0 Å². The molecule has 0 aliphatic heterocycles. The number of hydrogen-bond acceptors (Lipinski definition) is 7. The van der Waals surface area contributed by atoms with Crippen molar-refractivity contribution in [3.05, 3.63) is 71.4 Å². The molecular weight excluding hydrogens is 515 g/mol. The lowest BCUT2D eigenvalue weighted by molar-refractivity contribution is 0.102. The molecule has 0 spiro atoms. The first-order chi connectivity index (χ1) is 18.6. The van der Waals surface area contributed by atoms with Crippen LogP contribution in [0.3, 0.4) is 0 Å². The zero-order valence-electron chi connectivity index (χ0n) is 21.5. The molecule has 4 rings (SSSR count). The van der Waals surface area contributed by atoms with Gasteiger partial charge in [0.25, 0.3) is 5.91 Å². The second-order valence-corrected chi connectivity index (χ2v) is 9.38. The molecule has 2 heterocycles. The van der Waals surface area contributed by atoms with Crippen LogP contribution in [0.2, 0.25) is 0 Å². The Balaban J connectivity index is 1.58. The number of nitrogens with zero attached hydrogens (tertiary/aromatic N) is 2. The molecule has 39 heavy (non-hydrogen) atoms. The Hall–Kier alpha value is -4.19. The quantitative estimate of drug-likeness (QED) is 0.421. The number of carbonyl (C=O) groups is 2. The lowest BCUT2D eigenvalue weighted by Crippen LogP contribution is -2.54. The topological polar surface area (TPSA) is 128 Å². The van der Waals surface area contributed by atoms with E-state index in [0.717, 1.165) is 29.8 Å². The Labute approximate surface area is 222 Å². The molecule has 2 aromatic heterocycles. The smallest absolute Gasteiger partial charge is 0.407 e. The molecule has 206 valence electrons. The van der Waals surface area contributed by atoms with Gasteiger partial charge in [0.15, 0.2) is 0 Å². The van der Waals surface area contributed by atoms with Crippen LogP contribution in [-0.4, -0.2) is 48.3 Å². The molecule has 0 unspecified atom stereocenters. The number of aromatic nitrogens is 2. The third-order valence-electron chi connectivity index (χ3n) is 6.87. The minimum absolute atomic E-state index is 0.00480. The minimum atomic E-state index is -1.09. The van der Waals surface area contributed by atoms with Gasteiger partial charge in [0, 0.05) is 30.4 Å². The molecule has 9 nitrogen and oxygen atoms in total. The van der Waals surface area contributed by atoms with E-state index in [2.05, 4.69) is 20.6 Å². The predicted octanol–water partition coefficient (Wildman–Crippen LogP) is 4.39. The van der Waals surface area contributed by atoms with Crippen LogP contribution >= 0.6 is 0 Å². The highest BCUT2D eigenvalue weighted by Crippen LogP contribution is 2.39. The van der Waals surface area contributed by atoms with E-state index in [1.807, 2.05) is 6.92 Å². The van der Waals surface area contributed by atoms with E-state index in [0.29, 0.717) is 18.5 Å². The van der Waals surface area contributed by atoms with E-state index >= 15 is 0 Å². The predicted molar refractivity (Wildman–Crippen MR) is 137 cm³/mol. The maximum absolute atomic E-state index is 14.6. The summed E-state index contributed by atoms with van der Waals surface area (Å²) in [5.41, 5.74) is 5.92. The van der Waals surface area contributed by atoms with Crippen LogP contribution in [-0.2, 0) is 4.74 Å². The molecule has 4 N–H and O–H groups in total. The Bertz CT molecular complexity index is 1350. The molecule has 2 amide bonds. The first-order valence-electron chi connectivity index (χ1n) is 12.2. The van der Waals surface area contributed by atoms with Gasteiger partial charge >= 0.3 is 6.09 Å². The summed E-state index contributed by atoms with van der Waals surface area (Å²) in [6, 6.07) is 4.94. The maximum atomic E-state index is 14.6. The maximum Gasteiger partial charge on any atom is 0.407 e. The van der Waals surface area contributed by atoms with Crippen LogP contribution in [0.1, 0.15) is 41.7 Å². The number of anilines is 1. The fourth-order valence-corrected chi connectivity index (χ4v) is 4.98. The number of rotatable bonds is 6. The minimum Gasteiger partial charge on any atom is -0.497 e. The second kappa shape index (κ2) is 11.7. The van der Waals surface area contributed by atoms with Crippen molar-refractivity contribution < 1.29 is 32.2 Å². The van der Waals surface area contributed by atoms with Gasteiger partial charge < -0.3 is 25.8 Å². The first-order valence-corrected chi connectivity index (χ1v) is 12.2. The number of carbonyl (C=O) groups excluding carboxylic acids is 2. The molecule has 1 saturated carbocycles. The second-order valence-electron chi connectivity index (χ2n) is 9.38. The van der Waals surface area contributed by atoms with E-state index in [4.69, 9.17) is 15.2 Å². The van der Waals surface area contributed by atoms with E-state index < -0.39 is 40.7 Å². The normalized spacial score (nSPS) is 20.7. The third kappa shape index (κ3) is 5.95. The number of alkyl carbamates (subject to hydrolysis) is 1. The number of nitrogens with one attached hydrogen (secondary N) is 2. The van der Waals surface area contributed by atoms with E-state index in [9.17, 15) is 22.8 Å². The fraction of sp³-hybridized carbons (Fsp3) is 0.333. The summed E-state index contributed by atoms with van der Waals surface area (Å²) in [4.78, 5) is 32.9. The number of pyridine rings is 2. The summed E-state index contributed by atoms with van der Waals surface area (Å²) in [7, 11) is 2.52. The number of halogens is 3. The fourth-order valence-electron chi connectivity index (χ4n) is 4.98. The number of hydrogen-bond donors (Lipinski definition) is 3. The Kier molecular flexibility index (Phi) is 8.34. The largest absolute Gasteiger partial charge is 0.497 e. The van der Waals surface area contributed by atoms with Crippen molar-refractivity contribution in [3.63, 3.8) is 0 Å². The van der Waals surface area contributed by atoms with Crippen LogP contribution in [0.15, 0.2) is 42.7 Å². The van der Waals surface area contributed by atoms with Crippen molar-refractivity contribution in [2.24, 2.45) is 11.7 Å². The summed E-state index contributed by atoms with van der Waals surface area (Å²) >= 11 is 0. The molecule has 4 atom stereocenters. The molecule has 1 aromatic carbocycles. The van der Waals surface area contributed by atoms with Crippen LogP contribution in [0.5, 0.6) is 5.75 Å². The SMILES string of the molecule is COC(=O)N[C@@H]1[C@H](N)C[C@H](c2ccncc2NC(=O)c2ccc(F)c(-c3c(F)cc(OC)cc3F)n2)C[C@@H]1C. The monoisotopic (exact) mass is 543 g/mol. The van der Waals surface area contributed by atoms with Crippen LogP contribution < -0.4 is 21.1 Å². The van der Waals surface area contributed by atoms with Gasteiger partial charge in [-0.25, -0.2) is 22.9 Å². The zero-order chi connectivity index (χ0) is 28.3. The van der Waals surface area contributed by atoms with Gasteiger partial charge in [0.1, 0.15) is 34.6 Å². The van der Waals surface area contributed by atoms with Gasteiger partial charge in [0.2, 0.25) is 0 Å². The first kappa shape index (κ1) is 27.8. The highest BCUT2D eigenvalue weighted by molar-refractivity contribution is 6.03. The van der Waals surface area contributed by atoms with E-state index in [-0.39, 0.29) is 35.4 Å². The highest BCUT2D eigenvalue weighted by atomic mass is 19.1. The molecule has 0 radical (unpaired) electrons. The molecule has 0 bridgehead atoms. The number of nitrogens with two attached hydrogens (primary N) is 1. The van der Waals surface area contributed by atoms with Gasteiger partial charge in [-0.1, -0.05) is 6.92 Å². The molecular formula is C27H28F3N5O4. The van der Waals surface area contributed by atoms with Gasteiger partial charge in [-0.15, -0.1) is 0 Å². The van der Waals surface area contributed by atoms with Crippen molar-refractivity contribution in [2.45, 2.75) is 37.8 Å². The van der Waals surface area contributed by atoms with Crippen molar-refractivity contribution in [1.82, 2.24) is 15.3 Å². The van der Waals surface area contributed by atoms with Crippen LogP contribution in [0.25, 0.3) is 11.3 Å². The van der Waals surface area contributed by atoms with Crippen LogP contribution in [0.4, 0.5) is 23.7 Å². The van der Waals surface area contributed by atoms with Gasteiger partial charge in [-0.05, 0) is 48.4 Å². The van der Waals surface area contributed by atoms with Crippen molar-refractivity contribution >= 4 is 17.7 Å². The van der Waals surface area contributed by atoms with Crippen molar-refractivity contribution in [3.8, 4) is 17.0 Å². The third-order valence-corrected chi connectivity index (χ3v) is 6.87. The lowest BCUT2D eigenvalue weighted by atomic mass is 9.73. The molecule has 0 saturated heterocycles. The summed E-state index contributed by atoms with van der Waals surface area (Å²) in [6.45, 7) is 1.97. The zero-order valence-corrected chi connectivity index (χ0v) is 21.5. The summed E-state index contributed by atoms with van der Waals surface area (Å²) in [5, 5.41) is 5.51. The Morgan fingerprint density at radius 1 is 1.05 bits per heavy atom. The number of amides is 2. The molecule has 1 aliphatic rings. The highest BCUT2D eigenvalue weighted by Gasteiger charge is 2.36. The Morgan fingerprint density at radius 2 is 1.77 bits per heavy atom. The van der Waals surface area contributed by atoms with Crippen LogP contribution in [0, 0.1) is 23.4 Å². The Morgan fingerprint density at radius 3 is 2.41 bits per heavy atom.